The van der Waals surface area contributed by atoms with Gasteiger partial charge in [-0.3, -0.25) is 4.79 Å². The molecule has 0 bridgehead atoms. The summed E-state index contributed by atoms with van der Waals surface area (Å²) in [4.78, 5) is 22.7. The number of ether oxygens (including phenoxy) is 2. The fraction of sp³-hybridized carbons (Fsp3) is 0.154. The highest BCUT2D eigenvalue weighted by Crippen LogP contribution is 2.35. The summed E-state index contributed by atoms with van der Waals surface area (Å²) in [5.74, 6) is -0.747. The summed E-state index contributed by atoms with van der Waals surface area (Å²) in [7, 11) is 1.45. The zero-order valence-corrected chi connectivity index (χ0v) is 12.5. The largest absolute Gasteiger partial charge is 0.493 e. The smallest absolute Gasteiger partial charge is 0.341 e. The van der Waals surface area contributed by atoms with Crippen molar-refractivity contribution in [2.75, 3.05) is 13.7 Å². The van der Waals surface area contributed by atoms with Crippen molar-refractivity contribution in [2.24, 2.45) is 0 Å². The van der Waals surface area contributed by atoms with Gasteiger partial charge in [-0.05, 0) is 12.1 Å². The molecule has 0 aromatic heterocycles. The Labute approximate surface area is 130 Å². The van der Waals surface area contributed by atoms with Crippen LogP contribution in [-0.4, -0.2) is 35.0 Å². The molecule has 8 heteroatoms. The zero-order chi connectivity index (χ0) is 15.4. The molecule has 1 heterocycles. The summed E-state index contributed by atoms with van der Waals surface area (Å²) in [6.45, 7) is -0.506. The Morgan fingerprint density at radius 2 is 2.29 bits per heavy atom. The summed E-state index contributed by atoms with van der Waals surface area (Å²) >= 11 is 6.05. The van der Waals surface area contributed by atoms with Crippen LogP contribution in [0.3, 0.4) is 0 Å². The summed E-state index contributed by atoms with van der Waals surface area (Å²) in [5, 5.41) is 11.2. The third-order valence-corrected chi connectivity index (χ3v) is 3.66. The van der Waals surface area contributed by atoms with Gasteiger partial charge in [0.2, 0.25) is 0 Å². The number of nitrogens with one attached hydrogen (secondary N) is 1. The summed E-state index contributed by atoms with van der Waals surface area (Å²) in [6, 6.07) is 5.06. The van der Waals surface area contributed by atoms with Crippen molar-refractivity contribution < 1.29 is 24.2 Å². The molecule has 2 rings (SSSR count). The highest BCUT2D eigenvalue weighted by atomic mass is 32.2. The highest BCUT2D eigenvalue weighted by molar-refractivity contribution is 8.26. The lowest BCUT2D eigenvalue weighted by atomic mass is 10.1. The summed E-state index contributed by atoms with van der Waals surface area (Å²) in [5.41, 5.74) is 0.540. The van der Waals surface area contributed by atoms with Crippen LogP contribution >= 0.6 is 24.0 Å². The molecule has 2 N–H and O–H groups in total. The van der Waals surface area contributed by atoms with Gasteiger partial charge in [0, 0.05) is 5.56 Å². The van der Waals surface area contributed by atoms with Crippen LogP contribution in [0.1, 0.15) is 5.56 Å². The molecule has 1 fully saturated rings. The van der Waals surface area contributed by atoms with Crippen molar-refractivity contribution in [3.05, 3.63) is 28.7 Å². The molecule has 1 aromatic rings. The van der Waals surface area contributed by atoms with Crippen LogP contribution in [0.2, 0.25) is 0 Å². The van der Waals surface area contributed by atoms with E-state index in [0.717, 1.165) is 11.8 Å². The fourth-order valence-corrected chi connectivity index (χ4v) is 2.69. The Morgan fingerprint density at radius 3 is 2.86 bits per heavy atom. The minimum Gasteiger partial charge on any atom is -0.493 e. The number of benzene rings is 1. The molecule has 1 saturated heterocycles. The Morgan fingerprint density at radius 1 is 1.52 bits per heavy atom. The lowest BCUT2D eigenvalue weighted by molar-refractivity contribution is -0.139. The second-order valence-corrected chi connectivity index (χ2v) is 5.63. The van der Waals surface area contributed by atoms with E-state index in [-0.39, 0.29) is 11.7 Å². The molecule has 1 aliphatic rings. The van der Waals surface area contributed by atoms with E-state index < -0.39 is 12.6 Å². The first kappa shape index (κ1) is 15.3. The number of carbonyl (C=O) groups excluding carboxylic acids is 1. The number of hydrogen-bond donors (Lipinski definition) is 2. The third-order valence-electron chi connectivity index (χ3n) is 2.50. The number of para-hydroxylation sites is 1. The number of carbonyl (C=O) groups is 2. The van der Waals surface area contributed by atoms with Gasteiger partial charge in [-0.25, -0.2) is 4.79 Å². The molecule has 6 nitrogen and oxygen atoms in total. The molecule has 21 heavy (non-hydrogen) atoms. The molecule has 110 valence electrons. The number of carboxylic acids is 1. The Hall–Kier alpha value is -2.06. The van der Waals surface area contributed by atoms with Crippen LogP contribution in [0.15, 0.2) is 23.1 Å². The second kappa shape index (κ2) is 6.59. The van der Waals surface area contributed by atoms with Crippen LogP contribution in [-0.2, 0) is 9.59 Å². The molecule has 0 spiro atoms. The normalized spacial score (nSPS) is 16.0. The van der Waals surface area contributed by atoms with Gasteiger partial charge >= 0.3 is 5.97 Å². The molecule has 1 amide bonds. The quantitative estimate of drug-likeness (QED) is 0.629. The minimum atomic E-state index is -1.10. The van der Waals surface area contributed by atoms with Crippen molar-refractivity contribution in [2.45, 2.75) is 0 Å². The van der Waals surface area contributed by atoms with E-state index in [1.807, 2.05) is 0 Å². The van der Waals surface area contributed by atoms with Crippen LogP contribution in [0.25, 0.3) is 6.08 Å². The van der Waals surface area contributed by atoms with Gasteiger partial charge in [-0.1, -0.05) is 36.1 Å². The lowest BCUT2D eigenvalue weighted by Crippen LogP contribution is -2.17. The van der Waals surface area contributed by atoms with Gasteiger partial charge in [0.1, 0.15) is 4.32 Å². The topological polar surface area (TPSA) is 84.9 Å². The van der Waals surface area contributed by atoms with Crippen molar-refractivity contribution in [1.82, 2.24) is 5.32 Å². The Kier molecular flexibility index (Phi) is 4.81. The molecule has 0 radical (unpaired) electrons. The van der Waals surface area contributed by atoms with Crippen molar-refractivity contribution in [1.29, 1.82) is 0 Å². The number of methoxy groups -OCH3 is 1. The Balaban J connectivity index is 2.38. The number of aliphatic carboxylic acids is 1. The van der Waals surface area contributed by atoms with Crippen molar-refractivity contribution in [3.63, 3.8) is 0 Å². The van der Waals surface area contributed by atoms with Crippen LogP contribution in [0.4, 0.5) is 0 Å². The number of amides is 1. The molecular weight excluding hydrogens is 314 g/mol. The molecule has 0 unspecified atom stereocenters. The predicted molar refractivity (Wildman–Crippen MR) is 82.4 cm³/mol. The molecule has 1 aliphatic heterocycles. The summed E-state index contributed by atoms with van der Waals surface area (Å²) < 4.78 is 10.8. The first-order chi connectivity index (χ1) is 10.0. The minimum absolute atomic E-state index is 0.265. The molecular formula is C13H11NO5S2. The maximum absolute atomic E-state index is 11.7. The number of hydrogen-bond acceptors (Lipinski definition) is 6. The monoisotopic (exact) mass is 325 g/mol. The van der Waals surface area contributed by atoms with E-state index in [9.17, 15) is 9.59 Å². The van der Waals surface area contributed by atoms with Gasteiger partial charge < -0.3 is 19.9 Å². The van der Waals surface area contributed by atoms with Gasteiger partial charge in [0.15, 0.2) is 18.1 Å². The standard InChI is InChI=1S/C13H11NO5S2/c1-18-8-4-2-3-7(11(8)19-6-10(15)16)5-9-12(17)14-13(20)21-9/h2-5H,6H2,1H3,(H,15,16)(H,14,17,20)/b9-5-. The van der Waals surface area contributed by atoms with E-state index >= 15 is 0 Å². The van der Waals surface area contributed by atoms with E-state index in [4.69, 9.17) is 26.8 Å². The van der Waals surface area contributed by atoms with Gasteiger partial charge in [0.25, 0.3) is 5.91 Å². The van der Waals surface area contributed by atoms with E-state index in [1.165, 1.54) is 7.11 Å². The van der Waals surface area contributed by atoms with Gasteiger partial charge in [0.05, 0.1) is 12.0 Å². The molecule has 0 aliphatic carbocycles. The van der Waals surface area contributed by atoms with E-state index in [0.29, 0.717) is 20.5 Å². The first-order valence-corrected chi connectivity index (χ1v) is 7.00. The number of carboxylic acid groups (broad SMARTS) is 1. The Bertz CT molecular complexity index is 641. The van der Waals surface area contributed by atoms with Crippen LogP contribution < -0.4 is 14.8 Å². The third kappa shape index (κ3) is 3.73. The molecule has 0 saturated carbocycles. The number of rotatable bonds is 5. The number of thioether (sulfide) groups is 1. The fourth-order valence-electron chi connectivity index (χ4n) is 1.66. The lowest BCUT2D eigenvalue weighted by Gasteiger charge is -2.12. The maximum Gasteiger partial charge on any atom is 0.341 e. The average molecular weight is 325 g/mol. The zero-order valence-electron chi connectivity index (χ0n) is 10.9. The average Bonchev–Trinajstić information content (AvgIpc) is 2.75. The van der Waals surface area contributed by atoms with E-state index in [1.54, 1.807) is 24.3 Å². The number of thiocarbonyl (C=S) groups is 1. The molecule has 1 aromatic carbocycles. The van der Waals surface area contributed by atoms with Crippen LogP contribution in [0, 0.1) is 0 Å². The highest BCUT2D eigenvalue weighted by Gasteiger charge is 2.23. The van der Waals surface area contributed by atoms with Crippen LogP contribution in [0.5, 0.6) is 11.5 Å². The van der Waals surface area contributed by atoms with Gasteiger partial charge in [-0.15, -0.1) is 0 Å². The van der Waals surface area contributed by atoms with Crippen molar-refractivity contribution >= 4 is 46.3 Å². The maximum atomic E-state index is 11.7. The second-order valence-electron chi connectivity index (χ2n) is 3.91. The predicted octanol–water partition coefficient (Wildman–Crippen LogP) is 1.65. The molecule has 0 atom stereocenters. The first-order valence-electron chi connectivity index (χ1n) is 5.77. The summed E-state index contributed by atoms with van der Waals surface area (Å²) in [6.07, 6.45) is 1.58. The van der Waals surface area contributed by atoms with Gasteiger partial charge in [-0.2, -0.15) is 0 Å². The van der Waals surface area contributed by atoms with Crippen molar-refractivity contribution in [3.8, 4) is 11.5 Å². The SMILES string of the molecule is COc1cccc(/C=C2\SC(=S)NC2=O)c1OCC(=O)O. The van der Waals surface area contributed by atoms with E-state index in [2.05, 4.69) is 5.32 Å².